The van der Waals surface area contributed by atoms with Gasteiger partial charge in [0.15, 0.2) is 29.7 Å². The van der Waals surface area contributed by atoms with E-state index in [2.05, 4.69) is 15.0 Å². The summed E-state index contributed by atoms with van der Waals surface area (Å²) in [6.07, 6.45) is 1.33. The molecule has 0 saturated heterocycles. The SMILES string of the molecule is O=C(O)COc1ccc(-c2nc3cnc(Oc4ccccc4F)nc3o2)cc1F. The number of nitrogens with zero attached hydrogens (tertiary/aromatic N) is 3. The van der Waals surface area contributed by atoms with Gasteiger partial charge in [-0.15, -0.1) is 0 Å². The molecule has 10 heteroatoms. The molecule has 4 rings (SSSR count). The zero-order valence-electron chi connectivity index (χ0n) is 14.5. The largest absolute Gasteiger partial charge is 0.479 e. The highest BCUT2D eigenvalue weighted by atomic mass is 19.1. The first-order valence-corrected chi connectivity index (χ1v) is 8.20. The zero-order chi connectivity index (χ0) is 20.4. The summed E-state index contributed by atoms with van der Waals surface area (Å²) in [7, 11) is 0. The fourth-order valence-corrected chi connectivity index (χ4v) is 2.41. The fraction of sp³-hybridized carbons (Fsp3) is 0.0526. The average Bonchev–Trinajstić information content (AvgIpc) is 3.12. The van der Waals surface area contributed by atoms with E-state index in [4.69, 9.17) is 19.0 Å². The van der Waals surface area contributed by atoms with Crippen LogP contribution in [0.5, 0.6) is 17.5 Å². The molecule has 0 unspecified atom stereocenters. The van der Waals surface area contributed by atoms with Crippen LogP contribution in [0.2, 0.25) is 0 Å². The minimum Gasteiger partial charge on any atom is -0.479 e. The molecule has 146 valence electrons. The number of aromatic nitrogens is 3. The Balaban J connectivity index is 1.60. The van der Waals surface area contributed by atoms with Gasteiger partial charge in [0.1, 0.15) is 5.52 Å². The van der Waals surface area contributed by atoms with Gasteiger partial charge in [-0.25, -0.2) is 23.5 Å². The number of carbonyl (C=O) groups is 1. The topological polar surface area (TPSA) is 108 Å². The molecule has 0 spiro atoms. The molecule has 1 N–H and O–H groups in total. The van der Waals surface area contributed by atoms with Gasteiger partial charge in [0.25, 0.3) is 5.71 Å². The van der Waals surface area contributed by atoms with Crippen LogP contribution in [0.4, 0.5) is 8.78 Å². The van der Waals surface area contributed by atoms with E-state index in [0.29, 0.717) is 0 Å². The molecule has 2 aromatic heterocycles. The maximum atomic E-state index is 14.1. The van der Waals surface area contributed by atoms with Gasteiger partial charge in [-0.2, -0.15) is 4.98 Å². The van der Waals surface area contributed by atoms with E-state index in [1.165, 1.54) is 36.5 Å². The Morgan fingerprint density at radius 1 is 1.07 bits per heavy atom. The Hall–Kier alpha value is -4.08. The highest BCUT2D eigenvalue weighted by molar-refractivity contribution is 5.72. The van der Waals surface area contributed by atoms with Crippen LogP contribution in [0.3, 0.4) is 0 Å². The second-order valence-electron chi connectivity index (χ2n) is 5.72. The van der Waals surface area contributed by atoms with Crippen molar-refractivity contribution in [3.8, 4) is 29.0 Å². The second-order valence-corrected chi connectivity index (χ2v) is 5.72. The van der Waals surface area contributed by atoms with Crippen LogP contribution in [0.15, 0.2) is 53.1 Å². The fourth-order valence-electron chi connectivity index (χ4n) is 2.41. The zero-order valence-corrected chi connectivity index (χ0v) is 14.5. The lowest BCUT2D eigenvalue weighted by atomic mass is 10.2. The van der Waals surface area contributed by atoms with Crippen molar-refractivity contribution in [2.24, 2.45) is 0 Å². The molecule has 0 bridgehead atoms. The summed E-state index contributed by atoms with van der Waals surface area (Å²) in [5.41, 5.74) is 0.625. The molecule has 4 aromatic rings. The normalized spacial score (nSPS) is 10.8. The van der Waals surface area contributed by atoms with Crippen molar-refractivity contribution in [3.63, 3.8) is 0 Å². The number of para-hydroxylation sites is 1. The molecule has 29 heavy (non-hydrogen) atoms. The van der Waals surface area contributed by atoms with E-state index in [0.717, 1.165) is 6.07 Å². The summed E-state index contributed by atoms with van der Waals surface area (Å²) in [5.74, 6) is -2.78. The van der Waals surface area contributed by atoms with Gasteiger partial charge in [0, 0.05) is 5.56 Å². The smallest absolute Gasteiger partial charge is 0.341 e. The van der Waals surface area contributed by atoms with Gasteiger partial charge in [0.05, 0.1) is 6.20 Å². The Kier molecular flexibility index (Phi) is 4.73. The van der Waals surface area contributed by atoms with Crippen molar-refractivity contribution >= 4 is 17.2 Å². The number of benzene rings is 2. The molecule has 0 aliphatic carbocycles. The van der Waals surface area contributed by atoms with Gasteiger partial charge < -0.3 is 19.0 Å². The molecule has 0 saturated carbocycles. The maximum absolute atomic E-state index is 14.1. The standard InChI is InChI=1S/C19H11F2N3O5/c20-11-3-1-2-4-15(11)28-19-22-8-13-18(24-19)29-17(23-13)10-5-6-14(12(21)7-10)27-9-16(25)26/h1-8H,9H2,(H,25,26). The maximum Gasteiger partial charge on any atom is 0.341 e. The lowest BCUT2D eigenvalue weighted by Gasteiger charge is -2.05. The predicted molar refractivity (Wildman–Crippen MR) is 94.6 cm³/mol. The Morgan fingerprint density at radius 2 is 1.90 bits per heavy atom. The van der Waals surface area contributed by atoms with Gasteiger partial charge >= 0.3 is 12.0 Å². The minimum atomic E-state index is -1.22. The molecule has 2 aromatic carbocycles. The molecule has 0 aliphatic heterocycles. The summed E-state index contributed by atoms with van der Waals surface area (Å²) in [6, 6.07) is 9.44. The van der Waals surface area contributed by atoms with Crippen LogP contribution in [0, 0.1) is 11.6 Å². The molecule has 0 atom stereocenters. The third-order valence-electron chi connectivity index (χ3n) is 3.70. The van der Waals surface area contributed by atoms with Crippen molar-refractivity contribution in [2.45, 2.75) is 0 Å². The number of rotatable bonds is 6. The molecular weight excluding hydrogens is 388 g/mol. The highest BCUT2D eigenvalue weighted by Gasteiger charge is 2.15. The number of carboxylic acid groups (broad SMARTS) is 1. The van der Waals surface area contributed by atoms with Gasteiger partial charge in [-0.1, -0.05) is 12.1 Å². The number of hydrogen-bond donors (Lipinski definition) is 1. The Labute approximate surface area is 161 Å². The molecule has 0 fully saturated rings. The number of aliphatic carboxylic acids is 1. The molecule has 8 nitrogen and oxygen atoms in total. The number of halogens is 2. The molecule has 0 amide bonds. The summed E-state index contributed by atoms with van der Waals surface area (Å²) in [5, 5.41) is 8.59. The average molecular weight is 399 g/mol. The molecule has 0 aliphatic rings. The quantitative estimate of drug-likeness (QED) is 0.521. The van der Waals surface area contributed by atoms with Gasteiger partial charge in [-0.05, 0) is 30.3 Å². The third-order valence-corrected chi connectivity index (χ3v) is 3.70. The molecule has 2 heterocycles. The van der Waals surface area contributed by atoms with Crippen LogP contribution in [-0.4, -0.2) is 32.6 Å². The van der Waals surface area contributed by atoms with E-state index in [-0.39, 0.29) is 40.2 Å². The van der Waals surface area contributed by atoms with Gasteiger partial charge in [0.2, 0.25) is 5.89 Å². The lowest BCUT2D eigenvalue weighted by Crippen LogP contribution is -2.10. The summed E-state index contributed by atoms with van der Waals surface area (Å²) < 4.78 is 43.5. The van der Waals surface area contributed by atoms with Crippen LogP contribution < -0.4 is 9.47 Å². The Bertz CT molecular complexity index is 1210. The minimum absolute atomic E-state index is 0.0504. The highest BCUT2D eigenvalue weighted by Crippen LogP contribution is 2.28. The molecular formula is C19H11F2N3O5. The molecule has 0 radical (unpaired) electrons. The third kappa shape index (κ3) is 3.95. The number of carboxylic acids is 1. The lowest BCUT2D eigenvalue weighted by molar-refractivity contribution is -0.139. The van der Waals surface area contributed by atoms with Crippen LogP contribution in [0.1, 0.15) is 0 Å². The summed E-state index contributed by atoms with van der Waals surface area (Å²) in [6.45, 7) is -0.667. The van der Waals surface area contributed by atoms with Crippen LogP contribution in [-0.2, 0) is 4.79 Å². The van der Waals surface area contributed by atoms with Crippen molar-refractivity contribution < 1.29 is 32.6 Å². The van der Waals surface area contributed by atoms with Gasteiger partial charge in [-0.3, -0.25) is 0 Å². The van der Waals surface area contributed by atoms with E-state index < -0.39 is 24.2 Å². The van der Waals surface area contributed by atoms with Crippen molar-refractivity contribution in [3.05, 3.63) is 60.3 Å². The predicted octanol–water partition coefficient (Wildman–Crippen LogP) is 3.82. The van der Waals surface area contributed by atoms with E-state index in [1.807, 2.05) is 0 Å². The monoisotopic (exact) mass is 399 g/mol. The summed E-state index contributed by atoms with van der Waals surface area (Å²) in [4.78, 5) is 22.7. The van der Waals surface area contributed by atoms with Crippen molar-refractivity contribution in [2.75, 3.05) is 6.61 Å². The first kappa shape index (κ1) is 18.3. The van der Waals surface area contributed by atoms with E-state index in [9.17, 15) is 13.6 Å². The van der Waals surface area contributed by atoms with Crippen molar-refractivity contribution in [1.82, 2.24) is 15.0 Å². The number of hydrogen-bond acceptors (Lipinski definition) is 7. The summed E-state index contributed by atoms with van der Waals surface area (Å²) >= 11 is 0. The Morgan fingerprint density at radius 3 is 2.66 bits per heavy atom. The number of fused-ring (bicyclic) bond motifs is 1. The van der Waals surface area contributed by atoms with Crippen LogP contribution in [0.25, 0.3) is 22.7 Å². The second kappa shape index (κ2) is 7.50. The number of oxazole rings is 1. The first-order valence-electron chi connectivity index (χ1n) is 8.20. The first-order chi connectivity index (χ1) is 14.0. The van der Waals surface area contributed by atoms with Crippen molar-refractivity contribution in [1.29, 1.82) is 0 Å². The van der Waals surface area contributed by atoms with Crippen LogP contribution >= 0.6 is 0 Å². The van der Waals surface area contributed by atoms with E-state index >= 15 is 0 Å². The number of ether oxygens (including phenoxy) is 2. The van der Waals surface area contributed by atoms with E-state index in [1.54, 1.807) is 6.07 Å².